The van der Waals surface area contributed by atoms with Crippen molar-refractivity contribution in [2.45, 2.75) is 20.8 Å². The van der Waals surface area contributed by atoms with Gasteiger partial charge in [-0.15, -0.1) is 0 Å². The van der Waals surface area contributed by atoms with Gasteiger partial charge in [0.05, 0.1) is 31.0 Å². The van der Waals surface area contributed by atoms with E-state index in [-0.39, 0.29) is 5.56 Å². The molecule has 0 unspecified atom stereocenters. The minimum absolute atomic E-state index is 0.154. The lowest BCUT2D eigenvalue weighted by atomic mass is 10.2. The lowest BCUT2D eigenvalue weighted by molar-refractivity contribution is 0.340. The molecule has 6 heteroatoms. The molecule has 148 valence electrons. The number of benzene rings is 2. The van der Waals surface area contributed by atoms with Crippen LogP contribution in [0.25, 0.3) is 22.1 Å². The molecule has 6 nitrogen and oxygen atoms in total. The van der Waals surface area contributed by atoms with Gasteiger partial charge in [-0.05, 0) is 45.0 Å². The molecule has 0 radical (unpaired) electrons. The second-order valence-electron chi connectivity index (χ2n) is 6.79. The van der Waals surface area contributed by atoms with E-state index in [2.05, 4.69) is 9.67 Å². The van der Waals surface area contributed by atoms with Crippen molar-refractivity contribution in [3.05, 3.63) is 76.5 Å². The van der Waals surface area contributed by atoms with Gasteiger partial charge in [0.2, 0.25) is 0 Å². The van der Waals surface area contributed by atoms with Crippen LogP contribution in [0.1, 0.15) is 18.3 Å². The number of rotatable bonds is 5. The maximum absolute atomic E-state index is 13.4. The smallest absolute Gasteiger partial charge is 0.281 e. The van der Waals surface area contributed by atoms with Crippen molar-refractivity contribution in [1.82, 2.24) is 14.3 Å². The first-order valence-corrected chi connectivity index (χ1v) is 9.52. The standard InChI is InChI=1S/C23H23N3O3/c1-5-29-20-11-7-9-18(13-20)26-23(27)22-16(3)25(15(2)21(22)14-24-26)17-8-6-10-19(12-17)28-4/h6-14H,5H2,1-4H3. The van der Waals surface area contributed by atoms with Gasteiger partial charge in [-0.3, -0.25) is 4.79 Å². The Labute approximate surface area is 168 Å². The monoisotopic (exact) mass is 389 g/mol. The van der Waals surface area contributed by atoms with E-state index < -0.39 is 0 Å². The van der Waals surface area contributed by atoms with Gasteiger partial charge >= 0.3 is 0 Å². The maximum atomic E-state index is 13.4. The van der Waals surface area contributed by atoms with Gasteiger partial charge in [0, 0.05) is 34.6 Å². The summed E-state index contributed by atoms with van der Waals surface area (Å²) >= 11 is 0. The Kier molecular flexibility index (Phi) is 4.84. The maximum Gasteiger partial charge on any atom is 0.281 e. The van der Waals surface area contributed by atoms with Crippen LogP contribution in [0.15, 0.2) is 59.5 Å². The summed E-state index contributed by atoms with van der Waals surface area (Å²) in [5, 5.41) is 5.93. The zero-order valence-electron chi connectivity index (χ0n) is 17.0. The number of nitrogens with zero attached hydrogens (tertiary/aromatic N) is 3. The Bertz CT molecular complexity index is 1250. The number of aromatic nitrogens is 3. The van der Waals surface area contributed by atoms with Gasteiger partial charge in [0.15, 0.2) is 0 Å². The molecule has 0 saturated carbocycles. The van der Waals surface area contributed by atoms with Gasteiger partial charge in [-0.1, -0.05) is 12.1 Å². The quantitative estimate of drug-likeness (QED) is 0.513. The highest BCUT2D eigenvalue weighted by Crippen LogP contribution is 2.28. The van der Waals surface area contributed by atoms with E-state index in [1.54, 1.807) is 13.3 Å². The minimum Gasteiger partial charge on any atom is -0.497 e. The fourth-order valence-electron chi connectivity index (χ4n) is 3.75. The number of fused-ring (bicyclic) bond motifs is 1. The lowest BCUT2D eigenvalue weighted by Gasteiger charge is -2.10. The second kappa shape index (κ2) is 7.47. The molecule has 0 aliphatic carbocycles. The third-order valence-corrected chi connectivity index (χ3v) is 5.09. The fraction of sp³-hybridized carbons (Fsp3) is 0.217. The van der Waals surface area contributed by atoms with Crippen LogP contribution in [0.5, 0.6) is 11.5 Å². The molecule has 4 rings (SSSR count). The molecule has 4 aromatic rings. The summed E-state index contributed by atoms with van der Waals surface area (Å²) in [6, 6.07) is 15.2. The van der Waals surface area contributed by atoms with Crippen LogP contribution in [-0.4, -0.2) is 28.1 Å². The third kappa shape index (κ3) is 3.16. The van der Waals surface area contributed by atoms with Gasteiger partial charge in [-0.2, -0.15) is 9.78 Å². The Balaban J connectivity index is 1.93. The Morgan fingerprint density at radius 1 is 0.966 bits per heavy atom. The normalized spacial score (nSPS) is 11.0. The van der Waals surface area contributed by atoms with Crippen molar-refractivity contribution in [3.8, 4) is 22.9 Å². The molecule has 0 spiro atoms. The molecule has 0 N–H and O–H groups in total. The van der Waals surface area contributed by atoms with E-state index in [9.17, 15) is 4.79 Å². The van der Waals surface area contributed by atoms with Crippen molar-refractivity contribution in [2.75, 3.05) is 13.7 Å². The molecule has 0 aliphatic heterocycles. The average molecular weight is 389 g/mol. The molecule has 0 atom stereocenters. The van der Waals surface area contributed by atoms with Crippen LogP contribution >= 0.6 is 0 Å². The van der Waals surface area contributed by atoms with E-state index in [4.69, 9.17) is 9.47 Å². The first kappa shape index (κ1) is 18.8. The summed E-state index contributed by atoms with van der Waals surface area (Å²) in [4.78, 5) is 13.4. The highest BCUT2D eigenvalue weighted by atomic mass is 16.5. The largest absolute Gasteiger partial charge is 0.497 e. The zero-order chi connectivity index (χ0) is 20.5. The molecule has 2 heterocycles. The summed E-state index contributed by atoms with van der Waals surface area (Å²) in [5.74, 6) is 1.47. The second-order valence-corrected chi connectivity index (χ2v) is 6.79. The van der Waals surface area contributed by atoms with Gasteiger partial charge in [0.25, 0.3) is 5.56 Å². The SMILES string of the molecule is CCOc1cccc(-n2ncc3c(C)n(-c4cccc(OC)c4)c(C)c3c2=O)c1. The van der Waals surface area contributed by atoms with Crippen molar-refractivity contribution in [1.29, 1.82) is 0 Å². The topological polar surface area (TPSA) is 58.3 Å². The van der Waals surface area contributed by atoms with Crippen LogP contribution in [0.3, 0.4) is 0 Å². The average Bonchev–Trinajstić information content (AvgIpc) is 2.99. The molecule has 2 aromatic carbocycles. The Hall–Kier alpha value is -3.54. The first-order chi connectivity index (χ1) is 14.0. The summed E-state index contributed by atoms with van der Waals surface area (Å²) in [7, 11) is 1.64. The number of hydrogen-bond donors (Lipinski definition) is 0. The zero-order valence-corrected chi connectivity index (χ0v) is 17.0. The van der Waals surface area contributed by atoms with Crippen molar-refractivity contribution in [3.63, 3.8) is 0 Å². The summed E-state index contributed by atoms with van der Waals surface area (Å²) in [5.41, 5.74) is 3.30. The number of ether oxygens (including phenoxy) is 2. The van der Waals surface area contributed by atoms with Crippen molar-refractivity contribution >= 4 is 10.8 Å². The fourth-order valence-corrected chi connectivity index (χ4v) is 3.75. The van der Waals surface area contributed by atoms with Crippen LogP contribution in [0.2, 0.25) is 0 Å². The van der Waals surface area contributed by atoms with Gasteiger partial charge in [-0.25, -0.2) is 0 Å². The van der Waals surface area contributed by atoms with Crippen molar-refractivity contribution < 1.29 is 9.47 Å². The van der Waals surface area contributed by atoms with Crippen molar-refractivity contribution in [2.24, 2.45) is 0 Å². The van der Waals surface area contributed by atoms with E-state index >= 15 is 0 Å². The van der Waals surface area contributed by atoms with E-state index in [1.807, 2.05) is 69.3 Å². The molecule has 29 heavy (non-hydrogen) atoms. The van der Waals surface area contributed by atoms with E-state index in [1.165, 1.54) is 4.68 Å². The molecular formula is C23H23N3O3. The molecule has 2 aromatic heterocycles. The lowest BCUT2D eigenvalue weighted by Crippen LogP contribution is -2.21. The van der Waals surface area contributed by atoms with E-state index in [0.29, 0.717) is 23.4 Å². The Morgan fingerprint density at radius 2 is 1.66 bits per heavy atom. The highest BCUT2D eigenvalue weighted by Gasteiger charge is 2.18. The predicted molar refractivity (Wildman–Crippen MR) is 114 cm³/mol. The summed E-state index contributed by atoms with van der Waals surface area (Å²) < 4.78 is 14.4. The molecule has 0 bridgehead atoms. The molecule has 0 saturated heterocycles. The summed E-state index contributed by atoms with van der Waals surface area (Å²) in [6.07, 6.45) is 1.75. The molecular weight excluding hydrogens is 366 g/mol. The van der Waals surface area contributed by atoms with Gasteiger partial charge < -0.3 is 14.0 Å². The minimum atomic E-state index is -0.154. The molecule has 0 amide bonds. The number of methoxy groups -OCH3 is 1. The van der Waals surface area contributed by atoms with Crippen LogP contribution in [0, 0.1) is 13.8 Å². The van der Waals surface area contributed by atoms with Crippen LogP contribution in [-0.2, 0) is 0 Å². The Morgan fingerprint density at radius 3 is 2.38 bits per heavy atom. The number of hydrogen-bond acceptors (Lipinski definition) is 4. The van der Waals surface area contributed by atoms with Gasteiger partial charge in [0.1, 0.15) is 11.5 Å². The third-order valence-electron chi connectivity index (χ3n) is 5.09. The molecule has 0 fully saturated rings. The highest BCUT2D eigenvalue weighted by molar-refractivity contribution is 5.88. The van der Waals surface area contributed by atoms with Crippen LogP contribution < -0.4 is 15.0 Å². The predicted octanol–water partition coefficient (Wildman–Crippen LogP) is 4.20. The van der Waals surface area contributed by atoms with E-state index in [0.717, 1.165) is 28.2 Å². The summed E-state index contributed by atoms with van der Waals surface area (Å²) in [6.45, 7) is 6.44. The molecule has 0 aliphatic rings. The van der Waals surface area contributed by atoms with Crippen LogP contribution in [0.4, 0.5) is 0 Å². The number of aryl methyl sites for hydroxylation is 2. The first-order valence-electron chi connectivity index (χ1n) is 9.52.